The molecule has 1 saturated carbocycles. The van der Waals surface area contributed by atoms with E-state index >= 15 is 0 Å². The standard InChI is InChI=1S/C16H32BF2N3OS/c1-2-12(23-15(18)19)7-4-8-16(21-13(20)14(24)22-16)10-5-3-6-11(17)9-10/h10-15,21-22,24H,2-9,17,20H2,1H3. The second kappa shape index (κ2) is 9.17. The predicted octanol–water partition coefficient (Wildman–Crippen LogP) is 2.22. The van der Waals surface area contributed by atoms with E-state index in [9.17, 15) is 8.78 Å². The number of nitrogens with one attached hydrogen (secondary N) is 2. The van der Waals surface area contributed by atoms with Gasteiger partial charge in [-0.3, -0.25) is 10.6 Å². The van der Waals surface area contributed by atoms with Crippen LogP contribution in [0.15, 0.2) is 0 Å². The molecular formula is C16H32BF2N3OS. The van der Waals surface area contributed by atoms with Crippen LogP contribution in [0, 0.1) is 5.92 Å². The summed E-state index contributed by atoms with van der Waals surface area (Å²) in [6.45, 7) is -0.807. The van der Waals surface area contributed by atoms with Gasteiger partial charge in [0.25, 0.3) is 0 Å². The highest BCUT2D eigenvalue weighted by Crippen LogP contribution is 2.41. The first-order chi connectivity index (χ1) is 11.4. The number of hydrogen-bond donors (Lipinski definition) is 4. The number of rotatable bonds is 8. The average Bonchev–Trinajstić information content (AvgIpc) is 2.81. The molecule has 0 aromatic carbocycles. The van der Waals surface area contributed by atoms with E-state index in [0.717, 1.165) is 19.3 Å². The number of nitrogens with two attached hydrogens (primary N) is 1. The molecule has 6 atom stereocenters. The Balaban J connectivity index is 1.97. The van der Waals surface area contributed by atoms with Crippen LogP contribution in [0.2, 0.25) is 5.82 Å². The van der Waals surface area contributed by atoms with Crippen LogP contribution in [-0.2, 0) is 4.74 Å². The number of ether oxygens (including phenoxy) is 1. The summed E-state index contributed by atoms with van der Waals surface area (Å²) in [6, 6.07) is 0. The van der Waals surface area contributed by atoms with E-state index in [4.69, 9.17) is 5.73 Å². The smallest absolute Gasteiger partial charge is 0.320 e. The summed E-state index contributed by atoms with van der Waals surface area (Å²) in [5.74, 6) is 1.21. The first-order valence-corrected chi connectivity index (χ1v) is 9.80. The minimum atomic E-state index is -2.69. The van der Waals surface area contributed by atoms with Crippen molar-refractivity contribution in [2.75, 3.05) is 0 Å². The molecule has 0 amide bonds. The zero-order valence-electron chi connectivity index (χ0n) is 14.8. The molecule has 0 radical (unpaired) electrons. The van der Waals surface area contributed by atoms with Crippen molar-refractivity contribution in [3.63, 3.8) is 0 Å². The lowest BCUT2D eigenvalue weighted by Gasteiger charge is -2.42. The quantitative estimate of drug-likeness (QED) is 0.395. The Morgan fingerprint density at radius 2 is 2.12 bits per heavy atom. The van der Waals surface area contributed by atoms with Gasteiger partial charge >= 0.3 is 6.61 Å². The Labute approximate surface area is 150 Å². The number of alkyl halides is 2. The lowest BCUT2D eigenvalue weighted by molar-refractivity contribution is -0.165. The van der Waals surface area contributed by atoms with Crippen molar-refractivity contribution in [3.8, 4) is 0 Å². The van der Waals surface area contributed by atoms with Gasteiger partial charge in [-0.1, -0.05) is 32.0 Å². The van der Waals surface area contributed by atoms with Crippen LogP contribution in [0.3, 0.4) is 0 Å². The van der Waals surface area contributed by atoms with Crippen molar-refractivity contribution in [1.82, 2.24) is 10.6 Å². The van der Waals surface area contributed by atoms with E-state index in [1.54, 1.807) is 0 Å². The molecule has 2 rings (SSSR count). The molecule has 2 aliphatic rings. The third-order valence-electron chi connectivity index (χ3n) is 5.65. The molecular weight excluding hydrogens is 331 g/mol. The normalized spacial score (nSPS) is 38.6. The summed E-state index contributed by atoms with van der Waals surface area (Å²) in [5.41, 5.74) is 5.91. The minimum Gasteiger partial charge on any atom is -0.320 e. The van der Waals surface area contributed by atoms with Crippen LogP contribution in [0.4, 0.5) is 8.78 Å². The molecule has 0 spiro atoms. The largest absolute Gasteiger partial charge is 0.345 e. The molecule has 140 valence electrons. The van der Waals surface area contributed by atoms with Crippen molar-refractivity contribution < 1.29 is 13.5 Å². The monoisotopic (exact) mass is 363 g/mol. The zero-order valence-corrected chi connectivity index (χ0v) is 15.7. The van der Waals surface area contributed by atoms with Gasteiger partial charge in [0, 0.05) is 0 Å². The molecule has 1 aliphatic heterocycles. The highest BCUT2D eigenvalue weighted by Gasteiger charge is 2.47. The Kier molecular flexibility index (Phi) is 7.80. The summed E-state index contributed by atoms with van der Waals surface area (Å²) in [5, 5.41) is 7.04. The lowest BCUT2D eigenvalue weighted by atomic mass is 9.67. The van der Waals surface area contributed by atoms with E-state index in [2.05, 4.69) is 35.8 Å². The highest BCUT2D eigenvalue weighted by molar-refractivity contribution is 7.81. The molecule has 0 bridgehead atoms. The number of halogens is 2. The van der Waals surface area contributed by atoms with Crippen molar-refractivity contribution in [2.24, 2.45) is 11.7 Å². The first-order valence-electron chi connectivity index (χ1n) is 9.29. The Morgan fingerprint density at radius 3 is 2.67 bits per heavy atom. The van der Waals surface area contributed by atoms with Crippen molar-refractivity contribution in [3.05, 3.63) is 0 Å². The predicted molar refractivity (Wildman–Crippen MR) is 99.0 cm³/mol. The average molecular weight is 363 g/mol. The molecule has 0 aromatic rings. The van der Waals surface area contributed by atoms with E-state index in [1.165, 1.54) is 19.3 Å². The van der Waals surface area contributed by atoms with Gasteiger partial charge in [0.05, 0.1) is 23.3 Å². The first kappa shape index (κ1) is 20.4. The molecule has 1 saturated heterocycles. The fraction of sp³-hybridized carbons (Fsp3) is 1.00. The second-order valence-corrected chi connectivity index (χ2v) is 8.07. The number of thiol groups is 1. The maximum absolute atomic E-state index is 12.4. The van der Waals surface area contributed by atoms with Gasteiger partial charge in [-0.05, 0) is 38.0 Å². The molecule has 0 aromatic heterocycles. The molecule has 6 unspecified atom stereocenters. The lowest BCUT2D eigenvalue weighted by Crippen LogP contribution is -2.57. The van der Waals surface area contributed by atoms with Gasteiger partial charge in [0.1, 0.15) is 7.85 Å². The van der Waals surface area contributed by atoms with Crippen LogP contribution >= 0.6 is 12.6 Å². The summed E-state index contributed by atoms with van der Waals surface area (Å²) >= 11 is 4.55. The molecule has 4 nitrogen and oxygen atoms in total. The van der Waals surface area contributed by atoms with Crippen molar-refractivity contribution >= 4 is 20.5 Å². The Bertz CT molecular complexity index is 384. The maximum Gasteiger partial charge on any atom is 0.345 e. The molecule has 4 N–H and O–H groups in total. The summed E-state index contributed by atoms with van der Waals surface area (Å²) in [7, 11) is 2.30. The van der Waals surface area contributed by atoms with Crippen LogP contribution in [0.25, 0.3) is 0 Å². The second-order valence-electron chi connectivity index (χ2n) is 7.52. The summed E-state index contributed by atoms with van der Waals surface area (Å²) < 4.78 is 29.6. The van der Waals surface area contributed by atoms with Gasteiger partial charge in [-0.15, -0.1) is 0 Å². The zero-order chi connectivity index (χ0) is 17.7. The van der Waals surface area contributed by atoms with Gasteiger partial charge in [-0.2, -0.15) is 21.4 Å². The third-order valence-corrected chi connectivity index (χ3v) is 6.10. The maximum atomic E-state index is 12.4. The van der Waals surface area contributed by atoms with E-state index in [1.807, 2.05) is 6.92 Å². The van der Waals surface area contributed by atoms with Gasteiger partial charge in [0.2, 0.25) is 0 Å². The van der Waals surface area contributed by atoms with Crippen molar-refractivity contribution in [2.45, 2.75) is 94.0 Å². The molecule has 24 heavy (non-hydrogen) atoms. The molecule has 1 aliphatic carbocycles. The van der Waals surface area contributed by atoms with Crippen LogP contribution in [0.1, 0.15) is 58.3 Å². The third kappa shape index (κ3) is 5.30. The number of hydrogen-bond acceptors (Lipinski definition) is 5. The van der Waals surface area contributed by atoms with Crippen LogP contribution < -0.4 is 16.4 Å². The fourth-order valence-electron chi connectivity index (χ4n) is 4.36. The van der Waals surface area contributed by atoms with E-state index in [0.29, 0.717) is 24.6 Å². The van der Waals surface area contributed by atoms with E-state index in [-0.39, 0.29) is 23.3 Å². The topological polar surface area (TPSA) is 59.3 Å². The molecule has 8 heteroatoms. The molecule has 1 heterocycles. The van der Waals surface area contributed by atoms with Gasteiger partial charge in [0.15, 0.2) is 0 Å². The van der Waals surface area contributed by atoms with Gasteiger partial charge < -0.3 is 10.5 Å². The molecule has 2 fully saturated rings. The van der Waals surface area contributed by atoms with Gasteiger partial charge in [-0.25, -0.2) is 0 Å². The van der Waals surface area contributed by atoms with Crippen LogP contribution in [-0.4, -0.2) is 37.8 Å². The Hall–Kier alpha value is 0.115. The fourth-order valence-corrected chi connectivity index (χ4v) is 4.66. The van der Waals surface area contributed by atoms with Crippen molar-refractivity contribution in [1.29, 1.82) is 0 Å². The highest BCUT2D eigenvalue weighted by atomic mass is 32.1. The summed E-state index contributed by atoms with van der Waals surface area (Å²) in [4.78, 5) is 0. The minimum absolute atomic E-state index is 0.0819. The van der Waals surface area contributed by atoms with Crippen LogP contribution in [0.5, 0.6) is 0 Å². The SMILES string of the molecule is BC1CCCC(C2(CCCC(CC)OC(F)F)NC(N)C(S)N2)C1. The summed E-state index contributed by atoms with van der Waals surface area (Å²) in [6.07, 6.45) is 7.20. The Morgan fingerprint density at radius 1 is 1.38 bits per heavy atom. The van der Waals surface area contributed by atoms with E-state index < -0.39 is 6.61 Å².